The molecule has 3 aromatic carbocycles. The Bertz CT molecular complexity index is 1350. The molecule has 0 N–H and O–H groups in total. The van der Waals surface area contributed by atoms with Gasteiger partial charge in [0.15, 0.2) is 0 Å². The van der Waals surface area contributed by atoms with Gasteiger partial charge in [0.05, 0.1) is 23.9 Å². The topological polar surface area (TPSA) is 4.93 Å². The monoisotopic (exact) mass is 1390 g/mol. The van der Waals surface area contributed by atoms with Crippen LogP contribution in [-0.4, -0.2) is 4.57 Å². The molecule has 0 unspecified atom stereocenters. The Morgan fingerprint density at radius 2 is 1.10 bits per heavy atom. The fraction of sp³-hybridized carbons (Fsp3) is 0.0526. The molecule has 0 fully saturated rings. The molecule has 4 rings (SSSR count). The quantitative estimate of drug-likeness (QED) is 0.102. The van der Waals surface area contributed by atoms with E-state index in [4.69, 9.17) is 0 Å². The van der Waals surface area contributed by atoms with Crippen LogP contribution in [0.3, 0.4) is 0 Å². The smallest absolute Gasteiger partial charge is 0.0696 e. The first kappa shape index (κ1) is 26.1. The fourth-order valence-corrected chi connectivity index (χ4v) is 10.7. The number of halogens is 9. The summed E-state index contributed by atoms with van der Waals surface area (Å²) in [5.74, 6) is 0. The highest BCUT2D eigenvalue weighted by atomic mass is 127. The number of aromatic nitrogens is 1. The van der Waals surface area contributed by atoms with Crippen molar-refractivity contribution in [3.8, 4) is 5.69 Å². The Labute approximate surface area is 291 Å². The molecule has 0 spiro atoms. The molecule has 0 bridgehead atoms. The molecule has 0 radical (unpaired) electrons. The maximum Gasteiger partial charge on any atom is 0.0696 e. The summed E-state index contributed by atoms with van der Waals surface area (Å²) in [6.07, 6.45) is 0. The molecule has 1 nitrogen and oxygen atoms in total. The van der Waals surface area contributed by atoms with E-state index in [0.717, 1.165) is 0 Å². The van der Waals surface area contributed by atoms with Crippen LogP contribution in [0.4, 0.5) is 0 Å². The van der Waals surface area contributed by atoms with Crippen molar-refractivity contribution in [3.63, 3.8) is 0 Å². The second kappa shape index (κ2) is 10.2. The van der Waals surface area contributed by atoms with Gasteiger partial charge in [-0.25, -0.2) is 0 Å². The molecule has 0 aliphatic rings. The third-order valence-electron chi connectivity index (χ3n) is 4.55. The van der Waals surface area contributed by atoms with E-state index in [1.54, 1.807) is 0 Å². The van der Waals surface area contributed by atoms with E-state index in [9.17, 15) is 0 Å². The molecule has 0 aliphatic heterocycles. The molecule has 1 heterocycles. The molecule has 0 amide bonds. The van der Waals surface area contributed by atoms with Gasteiger partial charge in [0.2, 0.25) is 0 Å². The molecule has 150 valence electrons. The van der Waals surface area contributed by atoms with Gasteiger partial charge in [-0.3, -0.25) is 0 Å². The predicted molar refractivity (Wildman–Crippen MR) is 200 cm³/mol. The van der Waals surface area contributed by atoms with E-state index in [1.807, 2.05) is 0 Å². The van der Waals surface area contributed by atoms with Crippen LogP contribution in [0.1, 0.15) is 5.56 Å². The zero-order valence-corrected chi connectivity index (χ0v) is 33.5. The first-order valence-electron chi connectivity index (χ1n) is 7.85. The van der Waals surface area contributed by atoms with Crippen molar-refractivity contribution in [2.45, 2.75) is 6.92 Å². The van der Waals surface area contributed by atoms with Gasteiger partial charge in [-0.2, -0.15) is 0 Å². The molecule has 10 heteroatoms. The maximum absolute atomic E-state index is 2.53. The van der Waals surface area contributed by atoms with Crippen molar-refractivity contribution in [2.75, 3.05) is 0 Å². The lowest BCUT2D eigenvalue weighted by atomic mass is 10.1. The van der Waals surface area contributed by atoms with Crippen LogP contribution in [-0.2, 0) is 0 Å². The number of hydrogen-bond acceptors (Lipinski definition) is 0. The summed E-state index contributed by atoms with van der Waals surface area (Å²) in [4.78, 5) is 0. The zero-order valence-electron chi connectivity index (χ0n) is 14.1. The normalized spacial score (nSPS) is 11.8. The Morgan fingerprint density at radius 3 is 1.76 bits per heavy atom. The summed E-state index contributed by atoms with van der Waals surface area (Å²) in [7, 11) is 0. The van der Waals surface area contributed by atoms with Crippen LogP contribution in [0.5, 0.6) is 0 Å². The molecule has 1 aromatic heterocycles. The largest absolute Gasteiger partial charge is 0.307 e. The summed E-state index contributed by atoms with van der Waals surface area (Å²) in [5, 5.41) is 2.75. The minimum Gasteiger partial charge on any atom is -0.307 e. The minimum atomic E-state index is 1.27. The van der Waals surface area contributed by atoms with E-state index in [1.165, 1.54) is 65.2 Å². The Balaban J connectivity index is 2.40. The molecule has 29 heavy (non-hydrogen) atoms. The molecule has 0 saturated carbocycles. The first-order valence-corrected chi connectivity index (χ1v) is 17.6. The highest BCUT2D eigenvalue weighted by molar-refractivity contribution is 14.1. The standard InChI is InChI=1S/C19H6I9N/c1-5-2-7(21)13(24)12-11-6(20)3-8(22)15(26)19(11)29(18(5)12)10-4-9(23)14(25)17(28)16(10)27/h2-4H,1H3. The van der Waals surface area contributed by atoms with Gasteiger partial charge in [-0.1, -0.05) is 0 Å². The summed E-state index contributed by atoms with van der Waals surface area (Å²) in [6.45, 7) is 2.25. The maximum atomic E-state index is 2.53. The van der Waals surface area contributed by atoms with Gasteiger partial charge >= 0.3 is 0 Å². The summed E-state index contributed by atoms with van der Waals surface area (Å²) >= 11 is 22.5. The van der Waals surface area contributed by atoms with E-state index < -0.39 is 0 Å². The molecule has 0 atom stereocenters. The van der Waals surface area contributed by atoms with Crippen LogP contribution in [0.15, 0.2) is 18.2 Å². The van der Waals surface area contributed by atoms with Gasteiger partial charge in [0.25, 0.3) is 0 Å². The van der Waals surface area contributed by atoms with Crippen molar-refractivity contribution in [1.29, 1.82) is 0 Å². The van der Waals surface area contributed by atoms with Crippen molar-refractivity contribution in [1.82, 2.24) is 4.57 Å². The van der Waals surface area contributed by atoms with Gasteiger partial charge < -0.3 is 4.57 Å². The summed E-state index contributed by atoms with van der Waals surface area (Å²) in [5.41, 5.74) is 5.25. The first-order chi connectivity index (χ1) is 13.6. The van der Waals surface area contributed by atoms with Gasteiger partial charge in [0, 0.05) is 35.8 Å². The SMILES string of the molecule is Cc1cc(I)c(I)c2c3c(I)cc(I)c(I)c3n(-c3cc(I)c(I)c(I)c3I)c12. The number of nitrogens with zero attached hydrogens (tertiary/aromatic N) is 1. The molecule has 4 aromatic rings. The van der Waals surface area contributed by atoms with E-state index >= 15 is 0 Å². The lowest BCUT2D eigenvalue weighted by molar-refractivity contribution is 1.14. The predicted octanol–water partition coefficient (Wildman–Crippen LogP) is 10.5. The van der Waals surface area contributed by atoms with E-state index in [2.05, 4.69) is 233 Å². The van der Waals surface area contributed by atoms with Crippen molar-refractivity contribution in [2.24, 2.45) is 0 Å². The third-order valence-corrected chi connectivity index (χ3v) is 18.6. The number of hydrogen-bond donors (Lipinski definition) is 0. The number of aryl methyl sites for hydroxylation is 1. The van der Waals surface area contributed by atoms with Crippen LogP contribution in [0, 0.1) is 39.1 Å². The third kappa shape index (κ3) is 4.51. The highest BCUT2D eigenvalue weighted by Gasteiger charge is 2.25. The van der Waals surface area contributed by atoms with Crippen LogP contribution >= 0.6 is 203 Å². The number of rotatable bonds is 1. The Hall–Kier alpha value is 4.03. The van der Waals surface area contributed by atoms with Gasteiger partial charge in [0.1, 0.15) is 0 Å². The van der Waals surface area contributed by atoms with Gasteiger partial charge in [-0.15, -0.1) is 0 Å². The molecular weight excluding hydrogens is 1380 g/mol. The lowest BCUT2D eigenvalue weighted by Crippen LogP contribution is -2.04. The number of fused-ring (bicyclic) bond motifs is 3. The number of benzene rings is 3. The Morgan fingerprint density at radius 1 is 0.517 bits per heavy atom. The second-order valence-corrected chi connectivity index (χ2v) is 16.3. The average Bonchev–Trinajstić information content (AvgIpc) is 3.02. The van der Waals surface area contributed by atoms with Crippen molar-refractivity contribution >= 4 is 225 Å². The highest BCUT2D eigenvalue weighted by Crippen LogP contribution is 2.44. The summed E-state index contributed by atoms with van der Waals surface area (Å²) < 4.78 is 14.4. The zero-order chi connectivity index (χ0) is 21.4. The van der Waals surface area contributed by atoms with Crippen molar-refractivity contribution in [3.05, 3.63) is 55.9 Å². The second-order valence-electron chi connectivity index (χ2n) is 6.25. The van der Waals surface area contributed by atoms with Gasteiger partial charge in [-0.05, 0) is 234 Å². The summed E-state index contributed by atoms with van der Waals surface area (Å²) in [6, 6.07) is 6.98. The van der Waals surface area contributed by atoms with Crippen LogP contribution in [0.2, 0.25) is 0 Å². The van der Waals surface area contributed by atoms with E-state index in [0.29, 0.717) is 0 Å². The Kier molecular flexibility index (Phi) is 9.17. The average molecular weight is 1390 g/mol. The molecule has 0 saturated heterocycles. The molecule has 0 aliphatic carbocycles. The fourth-order valence-electron chi connectivity index (χ4n) is 3.36. The van der Waals surface area contributed by atoms with Crippen LogP contribution in [0.25, 0.3) is 27.5 Å². The van der Waals surface area contributed by atoms with Crippen LogP contribution < -0.4 is 0 Å². The van der Waals surface area contributed by atoms with E-state index in [-0.39, 0.29) is 0 Å². The molecular formula is C19H6I9N. The lowest BCUT2D eigenvalue weighted by Gasteiger charge is -2.16. The minimum absolute atomic E-state index is 1.27. The van der Waals surface area contributed by atoms with Crippen molar-refractivity contribution < 1.29 is 0 Å².